The Morgan fingerprint density at radius 1 is 0.933 bits per heavy atom. The molecule has 0 aliphatic carbocycles. The minimum Gasteiger partial charge on any atom is -0.0556 e. The molecule has 0 N–H and O–H groups in total. The number of hydrogen-bond acceptors (Lipinski definition) is 0. The van der Waals surface area contributed by atoms with Crippen LogP contribution < -0.4 is 0 Å². The molecule has 0 saturated carbocycles. The number of benzene rings is 1. The molecule has 1 aromatic carbocycles. The second-order valence-corrected chi connectivity index (χ2v) is 4.54. The molecule has 83 valence electrons. The lowest BCUT2D eigenvalue weighted by molar-refractivity contribution is 0.742. The summed E-state index contributed by atoms with van der Waals surface area (Å²) in [7, 11) is 0. The van der Waals surface area contributed by atoms with Crippen molar-refractivity contribution in [2.75, 3.05) is 0 Å². The molecular weight excluding hydrogens is 180 g/mol. The van der Waals surface area contributed by atoms with Crippen molar-refractivity contribution in [2.45, 2.75) is 53.4 Å². The topological polar surface area (TPSA) is 0 Å². The van der Waals surface area contributed by atoms with Crippen LogP contribution >= 0.6 is 0 Å². The lowest BCUT2D eigenvalue weighted by Gasteiger charge is -2.14. The molecule has 15 heavy (non-hydrogen) atoms. The Morgan fingerprint density at radius 2 is 1.60 bits per heavy atom. The number of aryl methyl sites for hydroxylation is 2. The molecule has 0 unspecified atom stereocenters. The molecular formula is C15H23. The monoisotopic (exact) mass is 203 g/mol. The van der Waals surface area contributed by atoms with Crippen molar-refractivity contribution in [1.29, 1.82) is 0 Å². The van der Waals surface area contributed by atoms with E-state index in [4.69, 9.17) is 0 Å². The zero-order valence-electron chi connectivity index (χ0n) is 10.6. The van der Waals surface area contributed by atoms with Crippen LogP contribution in [0.5, 0.6) is 0 Å². The van der Waals surface area contributed by atoms with E-state index in [1.807, 2.05) is 0 Å². The maximum Gasteiger partial charge on any atom is -0.0276 e. The average Bonchev–Trinajstić information content (AvgIpc) is 2.23. The van der Waals surface area contributed by atoms with Crippen molar-refractivity contribution < 1.29 is 0 Å². The molecule has 0 aliphatic heterocycles. The SMILES string of the molecule is [CH2]CCCCc1cc(C)c(C)c(C)c1C. The number of hydrogen-bond donors (Lipinski definition) is 0. The van der Waals surface area contributed by atoms with Gasteiger partial charge < -0.3 is 0 Å². The van der Waals surface area contributed by atoms with E-state index in [-0.39, 0.29) is 0 Å². The van der Waals surface area contributed by atoms with E-state index in [0.29, 0.717) is 0 Å². The van der Waals surface area contributed by atoms with E-state index >= 15 is 0 Å². The lowest BCUT2D eigenvalue weighted by Crippen LogP contribution is -1.98. The molecule has 0 fully saturated rings. The first-order valence-electron chi connectivity index (χ1n) is 5.93. The van der Waals surface area contributed by atoms with E-state index < -0.39 is 0 Å². The Morgan fingerprint density at radius 3 is 2.20 bits per heavy atom. The second-order valence-electron chi connectivity index (χ2n) is 4.54. The van der Waals surface area contributed by atoms with E-state index in [1.54, 1.807) is 0 Å². The predicted octanol–water partition coefficient (Wildman–Crippen LogP) is 4.47. The summed E-state index contributed by atoms with van der Waals surface area (Å²) in [6.45, 7) is 12.8. The Hall–Kier alpha value is -0.780. The first kappa shape index (κ1) is 12.3. The summed E-state index contributed by atoms with van der Waals surface area (Å²) in [6.07, 6.45) is 4.78. The fourth-order valence-corrected chi connectivity index (χ4v) is 2.05. The van der Waals surface area contributed by atoms with Crippen LogP contribution in [0.2, 0.25) is 0 Å². The highest BCUT2D eigenvalue weighted by Crippen LogP contribution is 2.22. The van der Waals surface area contributed by atoms with Gasteiger partial charge in [0.05, 0.1) is 0 Å². The third-order valence-corrected chi connectivity index (χ3v) is 3.54. The van der Waals surface area contributed by atoms with E-state index in [9.17, 15) is 0 Å². The van der Waals surface area contributed by atoms with Crippen molar-refractivity contribution in [3.8, 4) is 0 Å². The summed E-state index contributed by atoms with van der Waals surface area (Å²) >= 11 is 0. The predicted molar refractivity (Wildman–Crippen MR) is 68.3 cm³/mol. The average molecular weight is 203 g/mol. The van der Waals surface area contributed by atoms with Gasteiger partial charge in [0.2, 0.25) is 0 Å². The van der Waals surface area contributed by atoms with E-state index in [0.717, 1.165) is 6.42 Å². The first-order valence-corrected chi connectivity index (χ1v) is 5.93. The zero-order chi connectivity index (χ0) is 11.4. The van der Waals surface area contributed by atoms with Crippen LogP contribution in [0, 0.1) is 34.6 Å². The van der Waals surface area contributed by atoms with E-state index in [1.165, 1.54) is 47.1 Å². The fraction of sp³-hybridized carbons (Fsp3) is 0.533. The highest BCUT2D eigenvalue weighted by molar-refractivity contribution is 5.43. The quantitative estimate of drug-likeness (QED) is 0.633. The van der Waals surface area contributed by atoms with Gasteiger partial charge in [-0.25, -0.2) is 0 Å². The smallest absolute Gasteiger partial charge is 0.0276 e. The molecule has 1 radical (unpaired) electrons. The third-order valence-electron chi connectivity index (χ3n) is 3.54. The normalized spacial score (nSPS) is 10.7. The van der Waals surface area contributed by atoms with Gasteiger partial charge in [-0.05, 0) is 68.4 Å². The van der Waals surface area contributed by atoms with Gasteiger partial charge in [0, 0.05) is 0 Å². The summed E-state index contributed by atoms with van der Waals surface area (Å²) in [5, 5.41) is 0. The molecule has 1 rings (SSSR count). The Balaban J connectivity index is 2.89. The molecule has 0 atom stereocenters. The highest BCUT2D eigenvalue weighted by atomic mass is 14.1. The summed E-state index contributed by atoms with van der Waals surface area (Å²) in [4.78, 5) is 0. The van der Waals surface area contributed by atoms with Crippen molar-refractivity contribution in [3.63, 3.8) is 0 Å². The van der Waals surface area contributed by atoms with Gasteiger partial charge in [-0.15, -0.1) is 0 Å². The zero-order valence-corrected chi connectivity index (χ0v) is 10.6. The summed E-state index contributed by atoms with van der Waals surface area (Å²) in [6, 6.07) is 2.36. The van der Waals surface area contributed by atoms with Crippen molar-refractivity contribution in [3.05, 3.63) is 40.8 Å². The second kappa shape index (κ2) is 5.34. The van der Waals surface area contributed by atoms with Gasteiger partial charge in [0.25, 0.3) is 0 Å². The molecule has 0 aromatic heterocycles. The van der Waals surface area contributed by atoms with Crippen LogP contribution in [-0.2, 0) is 6.42 Å². The summed E-state index contributed by atoms with van der Waals surface area (Å²) in [5.41, 5.74) is 7.38. The molecule has 0 heterocycles. The largest absolute Gasteiger partial charge is 0.0556 e. The maximum absolute atomic E-state index is 3.89. The summed E-state index contributed by atoms with van der Waals surface area (Å²) in [5.74, 6) is 0. The van der Waals surface area contributed by atoms with Gasteiger partial charge in [-0.2, -0.15) is 0 Å². The first-order chi connectivity index (χ1) is 7.07. The number of unbranched alkanes of at least 4 members (excludes halogenated alkanes) is 2. The lowest BCUT2D eigenvalue weighted by atomic mass is 9.92. The molecule has 0 aliphatic rings. The van der Waals surface area contributed by atoms with Gasteiger partial charge in [0.1, 0.15) is 0 Å². The van der Waals surface area contributed by atoms with Crippen LogP contribution in [-0.4, -0.2) is 0 Å². The van der Waals surface area contributed by atoms with Gasteiger partial charge >= 0.3 is 0 Å². The minimum absolute atomic E-state index is 1.06. The summed E-state index contributed by atoms with van der Waals surface area (Å²) < 4.78 is 0. The van der Waals surface area contributed by atoms with Crippen molar-refractivity contribution in [2.24, 2.45) is 0 Å². The van der Waals surface area contributed by atoms with Gasteiger partial charge in [-0.3, -0.25) is 0 Å². The molecule has 0 saturated heterocycles. The van der Waals surface area contributed by atoms with Gasteiger partial charge in [-0.1, -0.05) is 25.8 Å². The fourth-order valence-electron chi connectivity index (χ4n) is 2.05. The van der Waals surface area contributed by atoms with Crippen LogP contribution in [0.1, 0.15) is 47.1 Å². The van der Waals surface area contributed by atoms with Crippen LogP contribution in [0.15, 0.2) is 6.07 Å². The number of rotatable bonds is 4. The minimum atomic E-state index is 1.06. The van der Waals surface area contributed by atoms with Crippen LogP contribution in [0.3, 0.4) is 0 Å². The molecule has 0 bridgehead atoms. The Kier molecular flexibility index (Phi) is 4.38. The highest BCUT2D eigenvalue weighted by Gasteiger charge is 2.06. The maximum atomic E-state index is 3.89. The van der Waals surface area contributed by atoms with Crippen LogP contribution in [0.25, 0.3) is 0 Å². The van der Waals surface area contributed by atoms with Gasteiger partial charge in [0.15, 0.2) is 0 Å². The standard InChI is InChI=1S/C15H23/c1-6-7-8-9-15-10-11(2)12(3)13(4)14(15)5/h10H,1,6-9H2,2-5H3. The molecule has 0 amide bonds. The molecule has 0 nitrogen and oxygen atoms in total. The van der Waals surface area contributed by atoms with E-state index in [2.05, 4.69) is 40.7 Å². The Bertz CT molecular complexity index is 334. The van der Waals surface area contributed by atoms with Crippen molar-refractivity contribution in [1.82, 2.24) is 0 Å². The van der Waals surface area contributed by atoms with Crippen LogP contribution in [0.4, 0.5) is 0 Å². The Labute approximate surface area is 94.7 Å². The molecule has 1 aromatic rings. The molecule has 0 heteroatoms. The molecule has 0 spiro atoms. The van der Waals surface area contributed by atoms with Crippen molar-refractivity contribution >= 4 is 0 Å². The third kappa shape index (κ3) is 2.84.